The summed E-state index contributed by atoms with van der Waals surface area (Å²) < 4.78 is 5.28. The Bertz CT molecular complexity index is 931. The van der Waals surface area contributed by atoms with Crippen molar-refractivity contribution < 1.29 is 9.53 Å². The number of halogens is 1. The zero-order valence-corrected chi connectivity index (χ0v) is 14.5. The standard InChI is InChI=1S/C18H17ClN4O2/c1-10(14-5-3-4-6-21-14)23-17-11-7-16(25-2)13(19)8-15(11)22-9-12(17)18(20)24/h3-10H,1-2H3,(H2,20,24)(H,22,23)/t10-/m1/s1. The van der Waals surface area contributed by atoms with Crippen LogP contribution in [0.2, 0.25) is 5.02 Å². The molecule has 1 amide bonds. The van der Waals surface area contributed by atoms with Crippen molar-refractivity contribution in [2.75, 3.05) is 12.4 Å². The molecule has 0 bridgehead atoms. The van der Waals surface area contributed by atoms with Crippen LogP contribution in [-0.4, -0.2) is 23.0 Å². The van der Waals surface area contributed by atoms with E-state index in [1.165, 1.54) is 13.3 Å². The normalized spacial score (nSPS) is 12.0. The molecule has 2 heterocycles. The van der Waals surface area contributed by atoms with Crippen molar-refractivity contribution in [2.24, 2.45) is 5.73 Å². The minimum Gasteiger partial charge on any atom is -0.495 e. The van der Waals surface area contributed by atoms with Gasteiger partial charge in [0, 0.05) is 17.8 Å². The topological polar surface area (TPSA) is 90.1 Å². The van der Waals surface area contributed by atoms with Crippen LogP contribution in [0.15, 0.2) is 42.7 Å². The number of carbonyl (C=O) groups is 1. The minimum atomic E-state index is -0.570. The van der Waals surface area contributed by atoms with Crippen LogP contribution in [0.1, 0.15) is 29.0 Å². The molecule has 0 spiro atoms. The van der Waals surface area contributed by atoms with E-state index in [9.17, 15) is 4.79 Å². The molecule has 3 rings (SSSR count). The van der Waals surface area contributed by atoms with Crippen LogP contribution in [-0.2, 0) is 0 Å². The Morgan fingerprint density at radius 3 is 2.76 bits per heavy atom. The predicted molar refractivity (Wildman–Crippen MR) is 98.1 cm³/mol. The Morgan fingerprint density at radius 2 is 2.12 bits per heavy atom. The van der Waals surface area contributed by atoms with Crippen molar-refractivity contribution >= 4 is 34.1 Å². The molecule has 0 aliphatic rings. The number of hydrogen-bond acceptors (Lipinski definition) is 5. The predicted octanol–water partition coefficient (Wildman–Crippen LogP) is 3.56. The lowest BCUT2D eigenvalue weighted by atomic mass is 10.1. The van der Waals surface area contributed by atoms with Gasteiger partial charge in [0.1, 0.15) is 5.75 Å². The van der Waals surface area contributed by atoms with Crippen LogP contribution >= 0.6 is 11.6 Å². The number of ether oxygens (including phenoxy) is 1. The second kappa shape index (κ2) is 6.94. The molecule has 1 aromatic carbocycles. The number of hydrogen-bond donors (Lipinski definition) is 2. The number of nitrogens with two attached hydrogens (primary N) is 1. The molecule has 1 atom stereocenters. The van der Waals surface area contributed by atoms with Gasteiger partial charge in [0.2, 0.25) is 0 Å². The van der Waals surface area contributed by atoms with Crippen molar-refractivity contribution in [3.8, 4) is 5.75 Å². The molecule has 25 heavy (non-hydrogen) atoms. The first-order chi connectivity index (χ1) is 12.0. The summed E-state index contributed by atoms with van der Waals surface area (Å²) in [7, 11) is 1.53. The average molecular weight is 357 g/mol. The molecule has 6 nitrogen and oxygen atoms in total. The third kappa shape index (κ3) is 3.34. The molecular weight excluding hydrogens is 340 g/mol. The van der Waals surface area contributed by atoms with E-state index in [4.69, 9.17) is 22.1 Å². The molecule has 0 saturated heterocycles. The number of carbonyl (C=O) groups excluding carboxylic acids is 1. The van der Waals surface area contributed by atoms with Crippen molar-refractivity contribution in [3.05, 3.63) is 59.0 Å². The zero-order valence-electron chi connectivity index (χ0n) is 13.8. The van der Waals surface area contributed by atoms with Gasteiger partial charge in [-0.2, -0.15) is 0 Å². The average Bonchev–Trinajstić information content (AvgIpc) is 2.61. The minimum absolute atomic E-state index is 0.147. The molecule has 0 saturated carbocycles. The van der Waals surface area contributed by atoms with Gasteiger partial charge >= 0.3 is 0 Å². The second-order valence-corrected chi connectivity index (χ2v) is 5.94. The third-order valence-corrected chi connectivity index (χ3v) is 4.19. The van der Waals surface area contributed by atoms with E-state index in [0.29, 0.717) is 32.9 Å². The van der Waals surface area contributed by atoms with Crippen LogP contribution < -0.4 is 15.8 Å². The van der Waals surface area contributed by atoms with Gasteiger partial charge in [-0.25, -0.2) is 0 Å². The fraction of sp³-hybridized carbons (Fsp3) is 0.167. The van der Waals surface area contributed by atoms with Gasteiger partial charge in [0.05, 0.1) is 40.6 Å². The number of nitrogens with one attached hydrogen (secondary N) is 1. The van der Waals surface area contributed by atoms with E-state index >= 15 is 0 Å². The summed E-state index contributed by atoms with van der Waals surface area (Å²) in [6.07, 6.45) is 3.16. The highest BCUT2D eigenvalue weighted by molar-refractivity contribution is 6.33. The number of nitrogens with zero attached hydrogens (tertiary/aromatic N) is 2. The molecule has 0 aliphatic carbocycles. The summed E-state index contributed by atoms with van der Waals surface area (Å²) >= 11 is 6.17. The molecular formula is C18H17ClN4O2. The number of benzene rings is 1. The van der Waals surface area contributed by atoms with Crippen LogP contribution in [0, 0.1) is 0 Å². The molecule has 2 aromatic heterocycles. The van der Waals surface area contributed by atoms with Crippen LogP contribution in [0.25, 0.3) is 10.9 Å². The molecule has 0 unspecified atom stereocenters. The van der Waals surface area contributed by atoms with E-state index in [-0.39, 0.29) is 6.04 Å². The molecule has 0 radical (unpaired) electrons. The van der Waals surface area contributed by atoms with Crippen molar-refractivity contribution in [1.29, 1.82) is 0 Å². The summed E-state index contributed by atoms with van der Waals surface area (Å²) in [6.45, 7) is 1.95. The van der Waals surface area contributed by atoms with Gasteiger partial charge in [0.15, 0.2) is 0 Å². The molecule has 3 aromatic rings. The maximum absolute atomic E-state index is 11.9. The summed E-state index contributed by atoms with van der Waals surface area (Å²) in [5.41, 5.74) is 7.86. The first kappa shape index (κ1) is 17.0. The highest BCUT2D eigenvalue weighted by Gasteiger charge is 2.18. The highest BCUT2D eigenvalue weighted by atomic mass is 35.5. The Morgan fingerprint density at radius 1 is 1.32 bits per heavy atom. The summed E-state index contributed by atoms with van der Waals surface area (Å²) in [5, 5.41) is 4.46. The maximum Gasteiger partial charge on any atom is 0.252 e. The van der Waals surface area contributed by atoms with Crippen molar-refractivity contribution in [3.63, 3.8) is 0 Å². The molecule has 0 fully saturated rings. The van der Waals surface area contributed by atoms with Gasteiger partial charge < -0.3 is 15.8 Å². The van der Waals surface area contributed by atoms with Gasteiger partial charge in [-0.05, 0) is 31.2 Å². The number of rotatable bonds is 5. The summed E-state index contributed by atoms with van der Waals surface area (Å²) in [6, 6.07) is 8.94. The first-order valence-electron chi connectivity index (χ1n) is 7.64. The fourth-order valence-corrected chi connectivity index (χ4v) is 2.85. The third-order valence-electron chi connectivity index (χ3n) is 3.90. The SMILES string of the molecule is COc1cc2c(N[C@H](C)c3ccccn3)c(C(N)=O)cnc2cc1Cl. The van der Waals surface area contributed by atoms with Crippen LogP contribution in [0.3, 0.4) is 0 Å². The largest absolute Gasteiger partial charge is 0.495 e. The highest BCUT2D eigenvalue weighted by Crippen LogP contribution is 2.35. The second-order valence-electron chi connectivity index (χ2n) is 5.54. The number of primary amides is 1. The van der Waals surface area contributed by atoms with E-state index < -0.39 is 5.91 Å². The molecule has 3 N–H and O–H groups in total. The number of amides is 1. The Balaban J connectivity index is 2.16. The fourth-order valence-electron chi connectivity index (χ4n) is 2.61. The van der Waals surface area contributed by atoms with Gasteiger partial charge in [-0.1, -0.05) is 17.7 Å². The monoisotopic (exact) mass is 356 g/mol. The maximum atomic E-state index is 11.9. The van der Waals surface area contributed by atoms with Crippen molar-refractivity contribution in [2.45, 2.75) is 13.0 Å². The lowest BCUT2D eigenvalue weighted by molar-refractivity contribution is 0.100. The van der Waals surface area contributed by atoms with E-state index in [1.54, 1.807) is 18.3 Å². The van der Waals surface area contributed by atoms with Gasteiger partial charge in [-0.15, -0.1) is 0 Å². The number of pyridine rings is 2. The Hall–Kier alpha value is -2.86. The first-order valence-corrected chi connectivity index (χ1v) is 8.02. The number of methoxy groups -OCH3 is 1. The smallest absolute Gasteiger partial charge is 0.252 e. The van der Waals surface area contributed by atoms with Crippen LogP contribution in [0.5, 0.6) is 5.75 Å². The zero-order chi connectivity index (χ0) is 18.0. The van der Waals surface area contributed by atoms with Crippen molar-refractivity contribution in [1.82, 2.24) is 9.97 Å². The van der Waals surface area contributed by atoms with E-state index in [1.807, 2.05) is 25.1 Å². The van der Waals surface area contributed by atoms with Crippen LogP contribution in [0.4, 0.5) is 5.69 Å². The molecule has 7 heteroatoms. The van der Waals surface area contributed by atoms with Gasteiger partial charge in [-0.3, -0.25) is 14.8 Å². The molecule has 0 aliphatic heterocycles. The molecule has 128 valence electrons. The summed E-state index contributed by atoms with van der Waals surface area (Å²) in [5.74, 6) is -0.0786. The van der Waals surface area contributed by atoms with Gasteiger partial charge in [0.25, 0.3) is 5.91 Å². The lowest BCUT2D eigenvalue weighted by Gasteiger charge is -2.19. The number of aromatic nitrogens is 2. The Labute approximate surface area is 150 Å². The quantitative estimate of drug-likeness (QED) is 0.729. The summed E-state index contributed by atoms with van der Waals surface area (Å²) in [4.78, 5) is 20.5. The number of fused-ring (bicyclic) bond motifs is 1. The van der Waals surface area contributed by atoms with E-state index in [2.05, 4.69) is 15.3 Å². The number of anilines is 1. The Kier molecular flexibility index (Phi) is 4.72. The van der Waals surface area contributed by atoms with E-state index in [0.717, 1.165) is 5.69 Å². The lowest BCUT2D eigenvalue weighted by Crippen LogP contribution is -2.17.